The zero-order valence-electron chi connectivity index (χ0n) is 9.48. The average Bonchev–Trinajstić information content (AvgIpc) is 2.75. The van der Waals surface area contributed by atoms with Crippen molar-refractivity contribution in [3.63, 3.8) is 0 Å². The summed E-state index contributed by atoms with van der Waals surface area (Å²) in [6.45, 7) is 2.56. The third kappa shape index (κ3) is 2.11. The van der Waals surface area contributed by atoms with Crippen molar-refractivity contribution in [2.75, 3.05) is 13.2 Å². The van der Waals surface area contributed by atoms with Crippen molar-refractivity contribution in [3.05, 3.63) is 23.7 Å². The Morgan fingerprint density at radius 1 is 1.56 bits per heavy atom. The molecule has 1 aromatic rings. The van der Waals surface area contributed by atoms with E-state index in [2.05, 4.69) is 0 Å². The van der Waals surface area contributed by atoms with Crippen LogP contribution >= 0.6 is 0 Å². The third-order valence-electron chi connectivity index (χ3n) is 3.05. The fourth-order valence-corrected chi connectivity index (χ4v) is 2.15. The molecule has 1 aliphatic heterocycles. The van der Waals surface area contributed by atoms with Crippen LogP contribution in [-0.2, 0) is 0 Å². The molecule has 2 heterocycles. The number of aliphatic hydroxyl groups is 1. The van der Waals surface area contributed by atoms with E-state index >= 15 is 0 Å². The molecule has 0 aromatic carbocycles. The first kappa shape index (κ1) is 11.2. The molecular weight excluding hydrogens is 206 g/mol. The maximum absolute atomic E-state index is 12.1. The van der Waals surface area contributed by atoms with Gasteiger partial charge in [0, 0.05) is 6.54 Å². The molecule has 1 aliphatic rings. The highest BCUT2D eigenvalue weighted by atomic mass is 16.3. The predicted octanol–water partition coefficient (Wildman–Crippen LogP) is 1.58. The lowest BCUT2D eigenvalue weighted by atomic mass is 10.0. The second kappa shape index (κ2) is 4.70. The van der Waals surface area contributed by atoms with E-state index in [1.165, 1.54) is 0 Å². The van der Waals surface area contributed by atoms with Crippen LogP contribution in [0.2, 0.25) is 0 Å². The van der Waals surface area contributed by atoms with Crippen LogP contribution in [0.1, 0.15) is 35.6 Å². The monoisotopic (exact) mass is 223 g/mol. The standard InChI is InChI=1S/C12H17NO3/c1-9-5-6-11(16-9)12(15)13-7-3-2-4-10(13)8-14/h5-6,10,14H,2-4,7-8H2,1H3. The normalized spacial score (nSPS) is 21.1. The predicted molar refractivity (Wildman–Crippen MR) is 59.2 cm³/mol. The molecule has 1 amide bonds. The highest BCUT2D eigenvalue weighted by Gasteiger charge is 2.28. The molecule has 16 heavy (non-hydrogen) atoms. The molecule has 1 aromatic heterocycles. The van der Waals surface area contributed by atoms with Crippen LogP contribution in [0.15, 0.2) is 16.5 Å². The molecule has 0 saturated carbocycles. The van der Waals surface area contributed by atoms with Gasteiger partial charge in [0.1, 0.15) is 5.76 Å². The van der Waals surface area contributed by atoms with Gasteiger partial charge in [-0.25, -0.2) is 0 Å². The van der Waals surface area contributed by atoms with Crippen LogP contribution in [-0.4, -0.2) is 35.1 Å². The van der Waals surface area contributed by atoms with E-state index < -0.39 is 0 Å². The Bertz CT molecular complexity index is 372. The zero-order chi connectivity index (χ0) is 11.5. The van der Waals surface area contributed by atoms with E-state index in [0.29, 0.717) is 12.3 Å². The average molecular weight is 223 g/mol. The van der Waals surface area contributed by atoms with Crippen molar-refractivity contribution in [2.45, 2.75) is 32.2 Å². The highest BCUT2D eigenvalue weighted by Crippen LogP contribution is 2.20. The van der Waals surface area contributed by atoms with Gasteiger partial charge in [0.05, 0.1) is 12.6 Å². The van der Waals surface area contributed by atoms with Crippen LogP contribution in [0.5, 0.6) is 0 Å². The molecule has 1 atom stereocenters. The van der Waals surface area contributed by atoms with E-state index in [9.17, 15) is 9.90 Å². The Kier molecular flexibility index (Phi) is 3.29. The Morgan fingerprint density at radius 2 is 2.38 bits per heavy atom. The van der Waals surface area contributed by atoms with Crippen LogP contribution < -0.4 is 0 Å². The van der Waals surface area contributed by atoms with E-state index in [1.807, 2.05) is 6.92 Å². The van der Waals surface area contributed by atoms with Gasteiger partial charge in [-0.2, -0.15) is 0 Å². The van der Waals surface area contributed by atoms with E-state index in [-0.39, 0.29) is 18.6 Å². The lowest BCUT2D eigenvalue weighted by Crippen LogP contribution is -2.45. The molecule has 88 valence electrons. The van der Waals surface area contributed by atoms with Gasteiger partial charge < -0.3 is 14.4 Å². The lowest BCUT2D eigenvalue weighted by Gasteiger charge is -2.33. The number of hydrogen-bond donors (Lipinski definition) is 1. The number of likely N-dealkylation sites (tertiary alicyclic amines) is 1. The summed E-state index contributed by atoms with van der Waals surface area (Å²) in [5.74, 6) is 1.01. The molecule has 1 fully saturated rings. The molecule has 4 nitrogen and oxygen atoms in total. The number of carbonyl (C=O) groups is 1. The molecule has 1 saturated heterocycles. The first-order valence-corrected chi connectivity index (χ1v) is 5.70. The Balaban J connectivity index is 2.13. The van der Waals surface area contributed by atoms with Crippen LogP contribution in [0.25, 0.3) is 0 Å². The number of aliphatic hydroxyl groups excluding tert-OH is 1. The number of aryl methyl sites for hydroxylation is 1. The Hall–Kier alpha value is -1.29. The van der Waals surface area contributed by atoms with Gasteiger partial charge in [0.15, 0.2) is 5.76 Å². The van der Waals surface area contributed by atoms with Crippen molar-refractivity contribution < 1.29 is 14.3 Å². The van der Waals surface area contributed by atoms with Crippen LogP contribution in [0.3, 0.4) is 0 Å². The number of hydrogen-bond acceptors (Lipinski definition) is 3. The van der Waals surface area contributed by atoms with Gasteiger partial charge in [-0.15, -0.1) is 0 Å². The third-order valence-corrected chi connectivity index (χ3v) is 3.05. The lowest BCUT2D eigenvalue weighted by molar-refractivity contribution is 0.0472. The molecule has 0 spiro atoms. The molecule has 0 radical (unpaired) electrons. The van der Waals surface area contributed by atoms with E-state index in [1.54, 1.807) is 17.0 Å². The second-order valence-corrected chi connectivity index (χ2v) is 4.24. The molecular formula is C12H17NO3. The number of amides is 1. The molecule has 1 unspecified atom stereocenters. The summed E-state index contributed by atoms with van der Waals surface area (Å²) in [5.41, 5.74) is 0. The van der Waals surface area contributed by atoms with Crippen LogP contribution in [0.4, 0.5) is 0 Å². The maximum atomic E-state index is 12.1. The fourth-order valence-electron chi connectivity index (χ4n) is 2.15. The zero-order valence-corrected chi connectivity index (χ0v) is 9.48. The minimum absolute atomic E-state index is 0.0332. The first-order chi connectivity index (χ1) is 7.72. The first-order valence-electron chi connectivity index (χ1n) is 5.70. The van der Waals surface area contributed by atoms with Gasteiger partial charge in [-0.1, -0.05) is 0 Å². The Labute approximate surface area is 94.9 Å². The quantitative estimate of drug-likeness (QED) is 0.828. The molecule has 2 rings (SSSR count). The maximum Gasteiger partial charge on any atom is 0.289 e. The molecule has 0 aliphatic carbocycles. The highest BCUT2D eigenvalue weighted by molar-refractivity contribution is 5.91. The number of furan rings is 1. The summed E-state index contributed by atoms with van der Waals surface area (Å²) in [6.07, 6.45) is 2.95. The van der Waals surface area contributed by atoms with Crippen LogP contribution in [0, 0.1) is 6.92 Å². The van der Waals surface area contributed by atoms with Crippen molar-refractivity contribution in [2.24, 2.45) is 0 Å². The summed E-state index contributed by atoms with van der Waals surface area (Å²) < 4.78 is 5.32. The fraction of sp³-hybridized carbons (Fsp3) is 0.583. The number of nitrogens with zero attached hydrogens (tertiary/aromatic N) is 1. The summed E-state index contributed by atoms with van der Waals surface area (Å²) in [7, 11) is 0. The minimum atomic E-state index is -0.105. The largest absolute Gasteiger partial charge is 0.456 e. The molecule has 1 N–H and O–H groups in total. The van der Waals surface area contributed by atoms with Crippen molar-refractivity contribution in [3.8, 4) is 0 Å². The molecule has 4 heteroatoms. The summed E-state index contributed by atoms with van der Waals surface area (Å²) >= 11 is 0. The van der Waals surface area contributed by atoms with E-state index in [4.69, 9.17) is 4.42 Å². The SMILES string of the molecule is Cc1ccc(C(=O)N2CCCCC2CO)o1. The Morgan fingerprint density at radius 3 is 3.00 bits per heavy atom. The van der Waals surface area contributed by atoms with Gasteiger partial charge in [-0.05, 0) is 38.3 Å². The topological polar surface area (TPSA) is 53.7 Å². The summed E-state index contributed by atoms with van der Waals surface area (Å²) in [4.78, 5) is 13.8. The number of carbonyl (C=O) groups excluding carboxylic acids is 1. The van der Waals surface area contributed by atoms with E-state index in [0.717, 1.165) is 25.0 Å². The van der Waals surface area contributed by atoms with Gasteiger partial charge in [0.2, 0.25) is 0 Å². The number of piperidine rings is 1. The second-order valence-electron chi connectivity index (χ2n) is 4.24. The van der Waals surface area contributed by atoms with Gasteiger partial charge >= 0.3 is 0 Å². The molecule has 0 bridgehead atoms. The van der Waals surface area contributed by atoms with Crippen molar-refractivity contribution >= 4 is 5.91 Å². The van der Waals surface area contributed by atoms with Gasteiger partial charge in [-0.3, -0.25) is 4.79 Å². The van der Waals surface area contributed by atoms with Crippen molar-refractivity contribution in [1.29, 1.82) is 0 Å². The minimum Gasteiger partial charge on any atom is -0.456 e. The van der Waals surface area contributed by atoms with Gasteiger partial charge in [0.25, 0.3) is 5.91 Å². The summed E-state index contributed by atoms with van der Waals surface area (Å²) in [5, 5.41) is 9.24. The summed E-state index contributed by atoms with van der Waals surface area (Å²) in [6, 6.07) is 3.43. The van der Waals surface area contributed by atoms with Crippen molar-refractivity contribution in [1.82, 2.24) is 4.90 Å². The smallest absolute Gasteiger partial charge is 0.289 e. The number of rotatable bonds is 2.